The Kier molecular flexibility index (Phi) is 6.03. The van der Waals surface area contributed by atoms with Gasteiger partial charge in [-0.1, -0.05) is 0 Å². The first-order valence-corrected chi connectivity index (χ1v) is 11.2. The van der Waals surface area contributed by atoms with Crippen LogP contribution >= 0.6 is 0 Å². The second-order valence-corrected chi connectivity index (χ2v) is 8.41. The zero-order valence-electron chi connectivity index (χ0n) is 18.9. The van der Waals surface area contributed by atoms with Crippen molar-refractivity contribution in [1.29, 1.82) is 0 Å². The van der Waals surface area contributed by atoms with E-state index in [1.807, 2.05) is 49.6 Å². The number of rotatable bonds is 8. The van der Waals surface area contributed by atoms with Crippen molar-refractivity contribution in [1.82, 2.24) is 24.7 Å². The van der Waals surface area contributed by atoms with Crippen LogP contribution in [-0.2, 0) is 7.05 Å². The zero-order valence-corrected chi connectivity index (χ0v) is 18.9. The summed E-state index contributed by atoms with van der Waals surface area (Å²) in [7, 11) is 4.13. The lowest BCUT2D eigenvalue weighted by molar-refractivity contribution is -0.892. The van der Waals surface area contributed by atoms with Gasteiger partial charge in [0.2, 0.25) is 5.88 Å². The molecule has 0 amide bonds. The van der Waals surface area contributed by atoms with Crippen LogP contribution in [0, 0.1) is 0 Å². The van der Waals surface area contributed by atoms with Gasteiger partial charge in [-0.05, 0) is 24.3 Å². The fourth-order valence-corrected chi connectivity index (χ4v) is 4.22. The molecule has 33 heavy (non-hydrogen) atoms. The molecule has 2 unspecified atom stereocenters. The molecule has 1 saturated heterocycles. The summed E-state index contributed by atoms with van der Waals surface area (Å²) in [4.78, 5) is 14.7. The van der Waals surface area contributed by atoms with Crippen molar-refractivity contribution in [3.05, 3.63) is 55.1 Å². The summed E-state index contributed by atoms with van der Waals surface area (Å²) in [6.45, 7) is 1.97. The number of nitrogens with zero attached hydrogens (tertiary/aromatic N) is 5. The molecule has 4 aromatic rings. The van der Waals surface area contributed by atoms with Gasteiger partial charge in [0.25, 0.3) is 0 Å². The van der Waals surface area contributed by atoms with Gasteiger partial charge in [-0.3, -0.25) is 4.68 Å². The van der Waals surface area contributed by atoms with Gasteiger partial charge in [-0.2, -0.15) is 5.10 Å². The topological polar surface area (TPSA) is 91.4 Å². The second kappa shape index (κ2) is 9.41. The first-order valence-electron chi connectivity index (χ1n) is 11.2. The summed E-state index contributed by atoms with van der Waals surface area (Å²) < 4.78 is 13.6. The van der Waals surface area contributed by atoms with Crippen LogP contribution in [0.4, 0.5) is 11.6 Å². The van der Waals surface area contributed by atoms with Crippen LogP contribution in [0.3, 0.4) is 0 Å². The summed E-state index contributed by atoms with van der Waals surface area (Å²) >= 11 is 0. The van der Waals surface area contributed by atoms with Crippen LogP contribution in [0.25, 0.3) is 10.9 Å². The quantitative estimate of drug-likeness (QED) is 0.430. The number of fused-ring (bicyclic) bond motifs is 1. The molecule has 1 aliphatic rings. The highest BCUT2D eigenvalue weighted by atomic mass is 16.5. The maximum absolute atomic E-state index is 5.98. The molecule has 0 aliphatic carbocycles. The highest BCUT2D eigenvalue weighted by Gasteiger charge is 2.24. The number of hydrogen-bond acceptors (Lipinski definition) is 7. The SMILES string of the molecule is Cn1ccc(Nc2ncnc3ccc(Oc4ccc(OCCC5CCC[NH+]5C)cn4)cc23)n1. The van der Waals surface area contributed by atoms with Crippen LogP contribution in [0.1, 0.15) is 19.3 Å². The molecule has 1 aromatic carbocycles. The van der Waals surface area contributed by atoms with E-state index < -0.39 is 0 Å². The smallest absolute Gasteiger partial charge is 0.219 e. The van der Waals surface area contributed by atoms with Gasteiger partial charge in [-0.25, -0.2) is 15.0 Å². The summed E-state index contributed by atoms with van der Waals surface area (Å²) in [5.74, 6) is 3.27. The Bertz CT molecular complexity index is 1230. The minimum absolute atomic E-state index is 0.498. The van der Waals surface area contributed by atoms with Crippen molar-refractivity contribution in [2.45, 2.75) is 25.3 Å². The van der Waals surface area contributed by atoms with Gasteiger partial charge < -0.3 is 19.7 Å². The standard InChI is InChI=1S/C24H27N7O2/c1-30-11-3-4-17(30)10-13-32-19-6-8-23(25-15-19)33-18-5-7-21-20(14-18)24(27-16-26-21)28-22-9-12-31(2)29-22/h5-9,12,14-17H,3-4,10-11,13H2,1-2H3,(H,26,27,28,29)/p+1. The van der Waals surface area contributed by atoms with Crippen LogP contribution in [0.2, 0.25) is 0 Å². The lowest BCUT2D eigenvalue weighted by atomic mass is 10.1. The van der Waals surface area contributed by atoms with Crippen molar-refractivity contribution in [3.8, 4) is 17.4 Å². The van der Waals surface area contributed by atoms with Crippen molar-refractivity contribution in [3.63, 3.8) is 0 Å². The van der Waals surface area contributed by atoms with E-state index in [0.717, 1.165) is 23.1 Å². The van der Waals surface area contributed by atoms with Gasteiger partial charge >= 0.3 is 0 Å². The summed E-state index contributed by atoms with van der Waals surface area (Å²) in [5.41, 5.74) is 0.808. The molecular weight excluding hydrogens is 418 g/mol. The van der Waals surface area contributed by atoms with E-state index in [1.54, 1.807) is 15.8 Å². The lowest BCUT2D eigenvalue weighted by Crippen LogP contribution is -3.10. The Hall–Kier alpha value is -3.72. The molecule has 4 heterocycles. The Morgan fingerprint density at radius 3 is 2.79 bits per heavy atom. The number of hydrogen-bond donors (Lipinski definition) is 2. The zero-order chi connectivity index (χ0) is 22.6. The van der Waals surface area contributed by atoms with Gasteiger partial charge in [0.1, 0.15) is 23.6 Å². The fourth-order valence-electron chi connectivity index (χ4n) is 4.22. The van der Waals surface area contributed by atoms with E-state index in [2.05, 4.69) is 32.4 Å². The maximum Gasteiger partial charge on any atom is 0.219 e. The average molecular weight is 447 g/mol. The van der Waals surface area contributed by atoms with Crippen LogP contribution in [0.5, 0.6) is 17.4 Å². The van der Waals surface area contributed by atoms with E-state index >= 15 is 0 Å². The number of quaternary nitrogens is 1. The maximum atomic E-state index is 5.98. The first-order chi connectivity index (χ1) is 16.1. The number of aromatic nitrogens is 5. The Balaban J connectivity index is 1.24. The number of anilines is 2. The van der Waals surface area contributed by atoms with Crippen molar-refractivity contribution in [2.75, 3.05) is 25.5 Å². The molecule has 5 rings (SSSR count). The first kappa shape index (κ1) is 21.1. The van der Waals surface area contributed by atoms with E-state index in [0.29, 0.717) is 35.9 Å². The van der Waals surface area contributed by atoms with Gasteiger partial charge in [0.15, 0.2) is 5.82 Å². The molecule has 3 aromatic heterocycles. The van der Waals surface area contributed by atoms with E-state index in [4.69, 9.17) is 9.47 Å². The fraction of sp³-hybridized carbons (Fsp3) is 0.333. The molecule has 9 heteroatoms. The number of pyridine rings is 1. The molecule has 0 radical (unpaired) electrons. The van der Waals surface area contributed by atoms with Crippen molar-refractivity contribution in [2.24, 2.45) is 7.05 Å². The monoisotopic (exact) mass is 446 g/mol. The Morgan fingerprint density at radius 2 is 2.03 bits per heavy atom. The van der Waals surface area contributed by atoms with Gasteiger partial charge in [-0.15, -0.1) is 0 Å². The van der Waals surface area contributed by atoms with Crippen LogP contribution in [-0.4, -0.2) is 51.0 Å². The number of nitrogens with one attached hydrogen (secondary N) is 2. The Morgan fingerprint density at radius 1 is 1.12 bits per heavy atom. The van der Waals surface area contributed by atoms with E-state index in [9.17, 15) is 0 Å². The number of aryl methyl sites for hydroxylation is 1. The number of ether oxygens (including phenoxy) is 2. The second-order valence-electron chi connectivity index (χ2n) is 8.41. The summed E-state index contributed by atoms with van der Waals surface area (Å²) in [6, 6.07) is 12.0. The third-order valence-electron chi connectivity index (χ3n) is 6.05. The molecule has 1 fully saturated rings. The van der Waals surface area contributed by atoms with Gasteiger partial charge in [0.05, 0.1) is 38.0 Å². The van der Waals surface area contributed by atoms with Crippen LogP contribution in [0.15, 0.2) is 55.1 Å². The van der Waals surface area contributed by atoms with E-state index in [1.165, 1.54) is 25.7 Å². The van der Waals surface area contributed by atoms with Crippen molar-refractivity contribution < 1.29 is 14.4 Å². The molecule has 9 nitrogen and oxygen atoms in total. The minimum Gasteiger partial charge on any atom is -0.492 e. The predicted molar refractivity (Wildman–Crippen MR) is 125 cm³/mol. The molecule has 2 atom stereocenters. The summed E-state index contributed by atoms with van der Waals surface area (Å²) in [6.07, 6.45) is 8.77. The van der Waals surface area contributed by atoms with Crippen molar-refractivity contribution >= 4 is 22.5 Å². The molecule has 0 bridgehead atoms. The Labute approximate surface area is 192 Å². The highest BCUT2D eigenvalue weighted by molar-refractivity contribution is 5.91. The lowest BCUT2D eigenvalue weighted by Gasteiger charge is -2.16. The van der Waals surface area contributed by atoms with E-state index in [-0.39, 0.29) is 0 Å². The third kappa shape index (κ3) is 5.04. The molecule has 2 N–H and O–H groups in total. The third-order valence-corrected chi connectivity index (χ3v) is 6.05. The highest BCUT2D eigenvalue weighted by Crippen LogP contribution is 2.29. The van der Waals surface area contributed by atoms with Gasteiger partial charge in [0, 0.05) is 50.0 Å². The molecule has 170 valence electrons. The normalized spacial score (nSPS) is 17.9. The molecule has 0 spiro atoms. The predicted octanol–water partition coefficient (Wildman–Crippen LogP) is 2.74. The number of benzene rings is 1. The molecule has 0 saturated carbocycles. The average Bonchev–Trinajstić information content (AvgIpc) is 3.43. The summed E-state index contributed by atoms with van der Waals surface area (Å²) in [5, 5.41) is 8.42. The minimum atomic E-state index is 0.498. The van der Waals surface area contributed by atoms with Crippen LogP contribution < -0.4 is 19.7 Å². The molecular formula is C24H28N7O2+. The largest absolute Gasteiger partial charge is 0.492 e. The molecule has 1 aliphatic heterocycles. The number of likely N-dealkylation sites (tertiary alicyclic amines) is 1.